The summed E-state index contributed by atoms with van der Waals surface area (Å²) in [6, 6.07) is 2.78. The first-order chi connectivity index (χ1) is 9.93. The lowest BCUT2D eigenvalue weighted by Gasteiger charge is -2.33. The summed E-state index contributed by atoms with van der Waals surface area (Å²) >= 11 is 5.79. The highest BCUT2D eigenvalue weighted by Gasteiger charge is 2.41. The van der Waals surface area contributed by atoms with Crippen molar-refractivity contribution in [3.8, 4) is 0 Å². The van der Waals surface area contributed by atoms with Crippen LogP contribution in [-0.4, -0.2) is 35.9 Å². The molecule has 2 amide bonds. The Kier molecular flexibility index (Phi) is 4.64. The Morgan fingerprint density at radius 1 is 1.33 bits per heavy atom. The highest BCUT2D eigenvalue weighted by molar-refractivity contribution is 6.33. The van der Waals surface area contributed by atoms with E-state index in [1.165, 1.54) is 6.07 Å². The van der Waals surface area contributed by atoms with Crippen LogP contribution < -0.4 is 10.6 Å². The maximum atomic E-state index is 12.9. The quantitative estimate of drug-likeness (QED) is 0.798. The van der Waals surface area contributed by atoms with Gasteiger partial charge in [-0.3, -0.25) is 0 Å². The van der Waals surface area contributed by atoms with Crippen molar-refractivity contribution in [1.29, 1.82) is 0 Å². The van der Waals surface area contributed by atoms with Crippen LogP contribution in [0.1, 0.15) is 12.8 Å². The van der Waals surface area contributed by atoms with E-state index in [1.807, 2.05) is 0 Å². The van der Waals surface area contributed by atoms with Crippen LogP contribution >= 0.6 is 11.6 Å². The van der Waals surface area contributed by atoms with Crippen molar-refractivity contribution < 1.29 is 23.8 Å². The number of carbonyl (C=O) groups excluding carboxylic acids is 1. The molecule has 1 aromatic rings. The van der Waals surface area contributed by atoms with Crippen molar-refractivity contribution in [3.63, 3.8) is 0 Å². The minimum atomic E-state index is -1.37. The molecule has 1 aliphatic heterocycles. The zero-order valence-corrected chi connectivity index (χ0v) is 11.7. The van der Waals surface area contributed by atoms with Gasteiger partial charge in [0.1, 0.15) is 11.4 Å². The molecular formula is C13H14ClFN2O4. The van der Waals surface area contributed by atoms with E-state index in [0.717, 1.165) is 12.1 Å². The van der Waals surface area contributed by atoms with Gasteiger partial charge in [-0.15, -0.1) is 0 Å². The number of anilines is 1. The lowest BCUT2D eigenvalue weighted by atomic mass is 9.90. The van der Waals surface area contributed by atoms with E-state index in [0.29, 0.717) is 0 Å². The average molecular weight is 317 g/mol. The maximum Gasteiger partial charge on any atom is 0.329 e. The van der Waals surface area contributed by atoms with E-state index >= 15 is 0 Å². The lowest BCUT2D eigenvalue weighted by molar-refractivity contribution is -0.148. The second-order valence-corrected chi connectivity index (χ2v) is 5.11. The van der Waals surface area contributed by atoms with Crippen LogP contribution in [0.15, 0.2) is 18.2 Å². The van der Waals surface area contributed by atoms with Gasteiger partial charge in [-0.1, -0.05) is 11.6 Å². The first-order valence-corrected chi connectivity index (χ1v) is 6.66. The number of carbonyl (C=O) groups is 2. The number of hydrogen-bond donors (Lipinski definition) is 3. The fourth-order valence-corrected chi connectivity index (χ4v) is 2.29. The number of halogens is 2. The molecule has 1 fully saturated rings. The molecule has 114 valence electrons. The molecule has 0 aliphatic carbocycles. The van der Waals surface area contributed by atoms with Gasteiger partial charge in [0.15, 0.2) is 0 Å². The maximum absolute atomic E-state index is 12.9. The van der Waals surface area contributed by atoms with Crippen LogP contribution in [0.5, 0.6) is 0 Å². The molecule has 21 heavy (non-hydrogen) atoms. The Morgan fingerprint density at radius 3 is 2.57 bits per heavy atom. The van der Waals surface area contributed by atoms with Crippen LogP contribution in [0.25, 0.3) is 0 Å². The van der Waals surface area contributed by atoms with Crippen molar-refractivity contribution >= 4 is 29.3 Å². The summed E-state index contributed by atoms with van der Waals surface area (Å²) in [6.45, 7) is 0.508. The molecule has 2 rings (SSSR count). The number of urea groups is 1. The zero-order chi connectivity index (χ0) is 15.5. The minimum absolute atomic E-state index is 0.0292. The zero-order valence-electron chi connectivity index (χ0n) is 11.0. The standard InChI is InChI=1S/C13H14ClFN2O4/c14-9-7-8(15)1-2-10(9)16-12(20)17-13(11(18)19)3-5-21-6-4-13/h1-2,7H,3-6H2,(H,18,19)(H2,16,17,20). The molecule has 1 aliphatic rings. The molecule has 1 saturated heterocycles. The van der Waals surface area contributed by atoms with Gasteiger partial charge in [-0.05, 0) is 18.2 Å². The average Bonchev–Trinajstić information content (AvgIpc) is 2.43. The van der Waals surface area contributed by atoms with E-state index in [1.54, 1.807) is 0 Å². The largest absolute Gasteiger partial charge is 0.480 e. The van der Waals surface area contributed by atoms with Crippen LogP contribution in [0.4, 0.5) is 14.9 Å². The third-order valence-corrected chi connectivity index (χ3v) is 3.60. The number of benzene rings is 1. The summed E-state index contributed by atoms with van der Waals surface area (Å²) in [5.74, 6) is -1.65. The molecule has 0 saturated carbocycles. The van der Waals surface area contributed by atoms with Gasteiger partial charge in [-0.2, -0.15) is 0 Å². The van der Waals surface area contributed by atoms with E-state index in [9.17, 15) is 19.1 Å². The molecule has 0 unspecified atom stereocenters. The van der Waals surface area contributed by atoms with Crippen molar-refractivity contribution in [2.75, 3.05) is 18.5 Å². The summed E-state index contributed by atoms with van der Waals surface area (Å²) in [5.41, 5.74) is -1.17. The van der Waals surface area contributed by atoms with Gasteiger partial charge in [0.05, 0.1) is 10.7 Å². The van der Waals surface area contributed by atoms with Crippen LogP contribution in [0, 0.1) is 5.82 Å². The second-order valence-electron chi connectivity index (χ2n) is 4.70. The number of hydrogen-bond acceptors (Lipinski definition) is 3. The summed E-state index contributed by atoms with van der Waals surface area (Å²) in [7, 11) is 0. The van der Waals surface area contributed by atoms with E-state index in [2.05, 4.69) is 10.6 Å². The topological polar surface area (TPSA) is 87.7 Å². The van der Waals surface area contributed by atoms with Crippen molar-refractivity contribution in [3.05, 3.63) is 29.0 Å². The summed E-state index contributed by atoms with van der Waals surface area (Å²) in [4.78, 5) is 23.4. The smallest absolute Gasteiger partial charge is 0.329 e. The highest BCUT2D eigenvalue weighted by atomic mass is 35.5. The predicted molar refractivity (Wildman–Crippen MR) is 74.0 cm³/mol. The molecule has 0 radical (unpaired) electrons. The Bertz CT molecular complexity index is 561. The Labute approximate surface area is 125 Å². The molecule has 3 N–H and O–H groups in total. The van der Waals surface area contributed by atoms with Gasteiger partial charge in [0, 0.05) is 26.1 Å². The molecule has 1 heterocycles. The number of carboxylic acid groups (broad SMARTS) is 1. The molecular weight excluding hydrogens is 303 g/mol. The van der Waals surface area contributed by atoms with E-state index in [4.69, 9.17) is 16.3 Å². The molecule has 0 spiro atoms. The number of aliphatic carboxylic acids is 1. The van der Waals surface area contributed by atoms with Gasteiger partial charge in [0.2, 0.25) is 0 Å². The fourth-order valence-electron chi connectivity index (χ4n) is 2.07. The first-order valence-electron chi connectivity index (χ1n) is 6.28. The molecule has 0 atom stereocenters. The minimum Gasteiger partial charge on any atom is -0.480 e. The number of ether oxygens (including phenoxy) is 1. The van der Waals surface area contributed by atoms with E-state index < -0.39 is 23.4 Å². The summed E-state index contributed by atoms with van der Waals surface area (Å²) in [6.07, 6.45) is 0.347. The van der Waals surface area contributed by atoms with Crippen LogP contribution in [-0.2, 0) is 9.53 Å². The van der Waals surface area contributed by atoms with Crippen molar-refractivity contribution in [1.82, 2.24) is 5.32 Å². The molecule has 6 nitrogen and oxygen atoms in total. The predicted octanol–water partition coefficient (Wildman–Crippen LogP) is 2.23. The highest BCUT2D eigenvalue weighted by Crippen LogP contribution is 2.24. The summed E-state index contributed by atoms with van der Waals surface area (Å²) in [5, 5.41) is 14.2. The van der Waals surface area contributed by atoms with E-state index in [-0.39, 0.29) is 36.8 Å². The van der Waals surface area contributed by atoms with Gasteiger partial charge in [-0.25, -0.2) is 14.0 Å². The van der Waals surface area contributed by atoms with Crippen LogP contribution in [0.3, 0.4) is 0 Å². The first kappa shape index (κ1) is 15.5. The number of carboxylic acids is 1. The van der Waals surface area contributed by atoms with Crippen molar-refractivity contribution in [2.45, 2.75) is 18.4 Å². The molecule has 8 heteroatoms. The number of amides is 2. The van der Waals surface area contributed by atoms with Gasteiger partial charge in [0.25, 0.3) is 0 Å². The van der Waals surface area contributed by atoms with Gasteiger partial charge < -0.3 is 20.5 Å². The third-order valence-electron chi connectivity index (χ3n) is 3.29. The van der Waals surface area contributed by atoms with Crippen LogP contribution in [0.2, 0.25) is 5.02 Å². The normalized spacial score (nSPS) is 17.0. The number of nitrogens with one attached hydrogen (secondary N) is 2. The van der Waals surface area contributed by atoms with Crippen molar-refractivity contribution in [2.24, 2.45) is 0 Å². The third kappa shape index (κ3) is 3.62. The Hall–Kier alpha value is -1.86. The number of rotatable bonds is 3. The Balaban J connectivity index is 2.07. The lowest BCUT2D eigenvalue weighted by Crippen LogP contribution is -2.58. The monoisotopic (exact) mass is 316 g/mol. The fraction of sp³-hybridized carbons (Fsp3) is 0.385. The van der Waals surface area contributed by atoms with Gasteiger partial charge >= 0.3 is 12.0 Å². The molecule has 1 aromatic carbocycles. The Morgan fingerprint density at radius 2 is 2.00 bits per heavy atom. The summed E-state index contributed by atoms with van der Waals surface area (Å²) < 4.78 is 18.0. The molecule has 0 bridgehead atoms. The second kappa shape index (κ2) is 6.28. The molecule has 0 aromatic heterocycles. The SMILES string of the molecule is O=C(Nc1ccc(F)cc1Cl)NC1(C(=O)O)CCOCC1.